The van der Waals surface area contributed by atoms with E-state index in [2.05, 4.69) is 48.3 Å². The first kappa shape index (κ1) is 49.7. The molecule has 0 radical (unpaired) electrons. The van der Waals surface area contributed by atoms with Crippen LogP contribution in [0.15, 0.2) is 72.4 Å². The van der Waals surface area contributed by atoms with Gasteiger partial charge in [0, 0.05) is 78.2 Å². The zero-order valence-electron chi connectivity index (χ0n) is 41.1. The van der Waals surface area contributed by atoms with Crippen LogP contribution in [0.4, 0.5) is 14.5 Å². The molecule has 5 aromatic rings. The van der Waals surface area contributed by atoms with Crippen LogP contribution in [0.1, 0.15) is 119 Å². The van der Waals surface area contributed by atoms with Crippen molar-refractivity contribution in [2.45, 2.75) is 102 Å². The molecule has 19 heteroatoms. The highest BCUT2D eigenvalue weighted by atomic mass is 32.1. The zero-order valence-corrected chi connectivity index (χ0v) is 41.9. The van der Waals surface area contributed by atoms with Crippen molar-refractivity contribution in [3.05, 3.63) is 111 Å². The van der Waals surface area contributed by atoms with Crippen LogP contribution in [0.3, 0.4) is 0 Å². The number of hydrogen-bond donors (Lipinski definition) is 4. The maximum Gasteiger partial charge on any atom is 0.276 e. The van der Waals surface area contributed by atoms with Gasteiger partial charge >= 0.3 is 0 Å². The fourth-order valence-electron chi connectivity index (χ4n) is 11.5. The van der Waals surface area contributed by atoms with Gasteiger partial charge in [-0.1, -0.05) is 68.7 Å². The fourth-order valence-corrected chi connectivity index (χ4v) is 12.4. The Bertz CT molecular complexity index is 2750. The van der Waals surface area contributed by atoms with Crippen LogP contribution in [-0.2, 0) is 27.2 Å². The number of likely N-dealkylation sites (N-methyl/N-ethyl adjacent to an activating group) is 1. The van der Waals surface area contributed by atoms with Crippen LogP contribution < -0.4 is 20.7 Å². The number of ketones is 1. The van der Waals surface area contributed by atoms with Crippen molar-refractivity contribution >= 4 is 40.5 Å². The number of benzene rings is 2. The highest BCUT2D eigenvalue weighted by Crippen LogP contribution is 2.70. The summed E-state index contributed by atoms with van der Waals surface area (Å²) in [7, 11) is 1.73. The van der Waals surface area contributed by atoms with E-state index in [1.165, 1.54) is 11.3 Å². The summed E-state index contributed by atoms with van der Waals surface area (Å²) in [6, 6.07) is 15.8. The molecule has 3 amide bonds. The molecule has 0 unspecified atom stereocenters. The van der Waals surface area contributed by atoms with Gasteiger partial charge in [-0.3, -0.25) is 29.0 Å². The lowest BCUT2D eigenvalue weighted by molar-refractivity contribution is -0.139. The van der Waals surface area contributed by atoms with Gasteiger partial charge in [0.25, 0.3) is 11.8 Å². The third kappa shape index (κ3) is 9.96. The number of nitrogens with zero attached hydrogens (tertiary/aromatic N) is 6. The minimum atomic E-state index is -2.75. The molecule has 2 aromatic carbocycles. The number of rotatable bonds is 20. The number of aromatic amines is 1. The predicted molar refractivity (Wildman–Crippen MR) is 266 cm³/mol. The molecule has 0 spiro atoms. The molecule has 5 aliphatic rings. The van der Waals surface area contributed by atoms with Crippen molar-refractivity contribution in [2.75, 3.05) is 58.4 Å². The summed E-state index contributed by atoms with van der Waals surface area (Å²) >= 11 is 1.39. The molecule has 3 aliphatic carbocycles. The van der Waals surface area contributed by atoms with Gasteiger partial charge in [-0.2, -0.15) is 10.2 Å². The number of fused-ring (bicyclic) bond motifs is 2. The van der Waals surface area contributed by atoms with Gasteiger partial charge in [-0.05, 0) is 69.7 Å². The smallest absolute Gasteiger partial charge is 0.276 e. The normalized spacial score (nSPS) is 23.0. The Balaban J connectivity index is 0.678. The summed E-state index contributed by atoms with van der Waals surface area (Å²) in [4.78, 5) is 63.4. The summed E-state index contributed by atoms with van der Waals surface area (Å²) in [5.74, 6) is -3.56. The van der Waals surface area contributed by atoms with E-state index in [0.29, 0.717) is 60.3 Å². The predicted octanol–water partition coefficient (Wildman–Crippen LogP) is 6.87. The van der Waals surface area contributed by atoms with E-state index in [4.69, 9.17) is 14.5 Å². The van der Waals surface area contributed by atoms with Crippen LogP contribution in [0.25, 0.3) is 0 Å². The number of nitrogens with one attached hydrogen (secondary N) is 4. The molecular weight excluding hydrogens is 943 g/mol. The van der Waals surface area contributed by atoms with Gasteiger partial charge in [0.15, 0.2) is 5.69 Å². The molecule has 2 saturated heterocycles. The average molecular weight is 1010 g/mol. The maximum absolute atomic E-state index is 14.5. The van der Waals surface area contributed by atoms with Gasteiger partial charge in [0.05, 0.1) is 43.2 Å². The van der Waals surface area contributed by atoms with Crippen LogP contribution >= 0.6 is 11.3 Å². The first-order valence-electron chi connectivity index (χ1n) is 25.5. The van der Waals surface area contributed by atoms with E-state index in [1.54, 1.807) is 50.7 Å². The van der Waals surface area contributed by atoms with Crippen LogP contribution in [0.5, 0.6) is 5.75 Å². The number of anilines is 1. The molecule has 16 nitrogen and oxygen atoms in total. The number of aromatic nitrogens is 5. The van der Waals surface area contributed by atoms with Gasteiger partial charge in [0.2, 0.25) is 17.6 Å². The van der Waals surface area contributed by atoms with Crippen molar-refractivity contribution in [2.24, 2.45) is 23.2 Å². The second-order valence-corrected chi connectivity index (χ2v) is 21.4. The minimum absolute atomic E-state index is 0.0646. The topological polar surface area (TPSA) is 189 Å². The summed E-state index contributed by atoms with van der Waals surface area (Å²) in [6.07, 6.45) is 10.3. The summed E-state index contributed by atoms with van der Waals surface area (Å²) in [5, 5.41) is 23.2. The number of amides is 3. The Labute approximate surface area is 422 Å². The Morgan fingerprint density at radius 3 is 2.57 bits per heavy atom. The lowest BCUT2D eigenvalue weighted by Gasteiger charge is -2.43. The van der Waals surface area contributed by atoms with E-state index in [9.17, 15) is 28.0 Å². The number of ether oxygens (including phenoxy) is 2. The highest BCUT2D eigenvalue weighted by molar-refractivity contribution is 7.10. The second-order valence-electron chi connectivity index (χ2n) is 20.5. The molecule has 3 aromatic heterocycles. The second kappa shape index (κ2) is 20.9. The van der Waals surface area contributed by atoms with Gasteiger partial charge in [0.1, 0.15) is 29.1 Å². The van der Waals surface area contributed by atoms with E-state index in [0.717, 1.165) is 75.2 Å². The molecule has 72 heavy (non-hydrogen) atoms. The average Bonchev–Trinajstić information content (AvgIpc) is 4.15. The van der Waals surface area contributed by atoms with Gasteiger partial charge < -0.3 is 35.2 Å². The Morgan fingerprint density at radius 2 is 1.78 bits per heavy atom. The molecule has 4 N–H and O–H groups in total. The Kier molecular flexibility index (Phi) is 14.4. The fraction of sp³-hybridized carbons (Fsp3) is 0.528. The summed E-state index contributed by atoms with van der Waals surface area (Å²) in [5.41, 5.74) is 2.63. The molecule has 382 valence electrons. The van der Waals surface area contributed by atoms with E-state index in [-0.39, 0.29) is 60.1 Å². The van der Waals surface area contributed by atoms with Crippen molar-refractivity contribution in [1.82, 2.24) is 45.4 Å². The number of hydrogen-bond acceptors (Lipinski definition) is 12. The number of halogens is 2. The van der Waals surface area contributed by atoms with Gasteiger partial charge in [-0.25, -0.2) is 13.8 Å². The Hall–Kier alpha value is -5.89. The number of carbonyl (C=O) groups is 4. The van der Waals surface area contributed by atoms with Crippen LogP contribution in [-0.4, -0.2) is 129 Å². The lowest BCUT2D eigenvalue weighted by atomic mass is 9.83. The molecule has 5 heterocycles. The first-order chi connectivity index (χ1) is 34.8. The standard InChI is InChI=1S/C53H64F2N10O6S/c1-32(56-3)48(67)60-44(33-12-6-4-7-13-33)51(69)64-19-11-18-42(64)50-59-41(31-72-50)47(66)35-16-10-17-38(24-35)71-23-22-70-21-20-63-28-36(29-63)46(34-14-8-5-9-15-34)65-30-37(27-57-65)58-49(68)45-39-25-43-52(2,53(43,54)55)26-40(39)61-62-45/h5,8-10,14-17,24,27,30-33,36,42-44,46,56H,4,6-7,11-13,18-23,25-26,28-29H2,1-3H3,(H,58,68)(H,60,67)(H,61,62)/t32-,42-,43-,44-,46+,52+/m0/s1. The number of likely N-dealkylation sites (tertiary alicyclic amines) is 2. The molecule has 0 bridgehead atoms. The third-order valence-electron chi connectivity index (χ3n) is 16.0. The molecular formula is C53H64F2N10O6S. The molecule has 2 aliphatic heterocycles. The van der Waals surface area contributed by atoms with Crippen molar-refractivity contribution in [3.8, 4) is 5.75 Å². The Morgan fingerprint density at radius 1 is 0.972 bits per heavy atom. The number of alkyl halides is 2. The summed E-state index contributed by atoms with van der Waals surface area (Å²) in [6.45, 7) is 7.52. The summed E-state index contributed by atoms with van der Waals surface area (Å²) < 4.78 is 42.9. The van der Waals surface area contributed by atoms with Crippen molar-refractivity contribution < 1.29 is 37.4 Å². The van der Waals surface area contributed by atoms with Crippen molar-refractivity contribution in [1.29, 1.82) is 0 Å². The van der Waals surface area contributed by atoms with Crippen molar-refractivity contribution in [3.63, 3.8) is 0 Å². The van der Waals surface area contributed by atoms with E-state index < -0.39 is 35.2 Å². The molecule has 10 rings (SSSR count). The first-order valence-corrected chi connectivity index (χ1v) is 26.4. The maximum atomic E-state index is 14.5. The molecule has 6 atom stereocenters. The minimum Gasteiger partial charge on any atom is -0.491 e. The monoisotopic (exact) mass is 1010 g/mol. The third-order valence-corrected chi connectivity index (χ3v) is 16.9. The number of H-pyrrole nitrogens is 1. The largest absolute Gasteiger partial charge is 0.491 e. The highest BCUT2D eigenvalue weighted by Gasteiger charge is 2.78. The molecule has 4 fully saturated rings. The zero-order chi connectivity index (χ0) is 50.1. The SMILES string of the molecule is CN[C@@H](C)C(=O)N[C@H](C(=O)N1CCC[C@H]1c1nc(C(=O)c2cccc(OCCOCCN3CC([C@@H](c4ccccc4)n4cc(NC(=O)c5n[nH]c6c5C[C@@H]5C(F)(F)[C@]5(C)C6)cn4)C3)c2)cs1)C1CCCCC1. The quantitative estimate of drug-likeness (QED) is 0.0471. The number of carbonyl (C=O) groups excluding carboxylic acids is 4. The van der Waals surface area contributed by atoms with E-state index >= 15 is 0 Å². The lowest BCUT2D eigenvalue weighted by Crippen LogP contribution is -2.55. The van der Waals surface area contributed by atoms with Crippen LogP contribution in [0, 0.1) is 23.2 Å². The van der Waals surface area contributed by atoms with Crippen LogP contribution in [0.2, 0.25) is 0 Å². The van der Waals surface area contributed by atoms with E-state index in [1.807, 2.05) is 40.0 Å². The number of thiazole rings is 1. The van der Waals surface area contributed by atoms with Gasteiger partial charge in [-0.15, -0.1) is 11.3 Å². The molecule has 2 saturated carbocycles.